The third kappa shape index (κ3) is 4.64. The van der Waals surface area contributed by atoms with Gasteiger partial charge in [-0.15, -0.1) is 0 Å². The molecule has 0 spiro atoms. The molecule has 0 atom stereocenters. The minimum absolute atomic E-state index is 0.164. The van der Waals surface area contributed by atoms with Crippen LogP contribution >= 0.6 is 0 Å². The molecule has 0 aliphatic rings. The van der Waals surface area contributed by atoms with Crippen molar-refractivity contribution in [2.75, 3.05) is 12.4 Å². The van der Waals surface area contributed by atoms with Gasteiger partial charge in [0.2, 0.25) is 0 Å². The molecule has 2 nitrogen and oxygen atoms in total. The van der Waals surface area contributed by atoms with Gasteiger partial charge in [-0.3, -0.25) is 0 Å². The second kappa shape index (κ2) is 7.12. The van der Waals surface area contributed by atoms with E-state index >= 15 is 0 Å². The van der Waals surface area contributed by atoms with E-state index in [1.807, 2.05) is 13.8 Å². The smallest absolute Gasteiger partial charge is 0.387 e. The lowest BCUT2D eigenvalue weighted by molar-refractivity contribution is -0.0498. The van der Waals surface area contributed by atoms with Crippen LogP contribution in [0.25, 0.3) is 0 Å². The third-order valence-corrected chi connectivity index (χ3v) is 1.35. The van der Waals surface area contributed by atoms with Crippen molar-refractivity contribution in [1.82, 2.24) is 0 Å². The molecule has 14 heavy (non-hydrogen) atoms. The number of anilines is 1. The van der Waals surface area contributed by atoms with Crippen LogP contribution in [-0.2, 0) is 0 Å². The van der Waals surface area contributed by atoms with E-state index in [1.165, 1.54) is 12.1 Å². The molecule has 1 aromatic carbocycles. The quantitative estimate of drug-likeness (QED) is 0.813. The fourth-order valence-corrected chi connectivity index (χ4v) is 0.828. The van der Waals surface area contributed by atoms with E-state index in [1.54, 1.807) is 19.2 Å². The molecule has 1 aromatic rings. The van der Waals surface area contributed by atoms with Crippen LogP contribution < -0.4 is 10.1 Å². The van der Waals surface area contributed by atoms with Crippen molar-refractivity contribution in [1.29, 1.82) is 0 Å². The van der Waals surface area contributed by atoms with Crippen LogP contribution in [0.2, 0.25) is 0 Å². The second-order valence-corrected chi connectivity index (χ2v) is 2.16. The highest BCUT2D eigenvalue weighted by Crippen LogP contribution is 2.18. The summed E-state index contributed by atoms with van der Waals surface area (Å²) in [6, 6.07) is 6.39. The Hall–Kier alpha value is -1.32. The summed E-state index contributed by atoms with van der Waals surface area (Å²) < 4.78 is 27.6. The van der Waals surface area contributed by atoms with E-state index in [0.29, 0.717) is 0 Å². The Morgan fingerprint density at radius 3 is 2.43 bits per heavy atom. The van der Waals surface area contributed by atoms with E-state index in [9.17, 15) is 8.78 Å². The van der Waals surface area contributed by atoms with Crippen molar-refractivity contribution in [2.45, 2.75) is 20.5 Å². The molecule has 0 fully saturated rings. The van der Waals surface area contributed by atoms with Crippen molar-refractivity contribution >= 4 is 5.69 Å². The van der Waals surface area contributed by atoms with Crippen LogP contribution in [0.3, 0.4) is 0 Å². The molecule has 0 amide bonds. The summed E-state index contributed by atoms with van der Waals surface area (Å²) in [4.78, 5) is 0. The second-order valence-electron chi connectivity index (χ2n) is 2.16. The van der Waals surface area contributed by atoms with Gasteiger partial charge in [0.15, 0.2) is 0 Å². The first-order valence-electron chi connectivity index (χ1n) is 4.45. The molecule has 0 saturated heterocycles. The Morgan fingerprint density at radius 1 is 1.29 bits per heavy atom. The van der Waals surface area contributed by atoms with E-state index < -0.39 is 6.61 Å². The minimum atomic E-state index is -2.77. The number of halogens is 2. The highest BCUT2D eigenvalue weighted by molar-refractivity contribution is 5.47. The van der Waals surface area contributed by atoms with Crippen LogP contribution in [0.1, 0.15) is 13.8 Å². The van der Waals surface area contributed by atoms with Crippen LogP contribution in [-0.4, -0.2) is 13.7 Å². The maximum atomic E-state index is 11.7. The van der Waals surface area contributed by atoms with Crippen LogP contribution in [0.5, 0.6) is 5.75 Å². The summed E-state index contributed by atoms with van der Waals surface area (Å²) in [6.45, 7) is 1.23. The molecular weight excluding hydrogens is 188 g/mol. The lowest BCUT2D eigenvalue weighted by Crippen LogP contribution is -2.01. The number of nitrogens with one attached hydrogen (secondary N) is 1. The Bertz CT molecular complexity index is 254. The van der Waals surface area contributed by atoms with Gasteiger partial charge in [-0.05, 0) is 12.1 Å². The molecule has 0 bridgehead atoms. The average Bonchev–Trinajstić information content (AvgIpc) is 2.20. The van der Waals surface area contributed by atoms with E-state index in [4.69, 9.17) is 0 Å². The van der Waals surface area contributed by atoms with Gasteiger partial charge in [0, 0.05) is 18.8 Å². The van der Waals surface area contributed by atoms with Gasteiger partial charge in [-0.2, -0.15) is 8.78 Å². The molecule has 0 aromatic heterocycles. The first kappa shape index (κ1) is 12.7. The summed E-state index contributed by atoms with van der Waals surface area (Å²) in [6.07, 6.45) is 0. The van der Waals surface area contributed by atoms with Gasteiger partial charge in [0.25, 0.3) is 0 Å². The minimum Gasteiger partial charge on any atom is -0.435 e. The first-order chi connectivity index (χ1) is 6.72. The Labute approximate surface area is 82.9 Å². The number of hydrogen-bond donors (Lipinski definition) is 1. The van der Waals surface area contributed by atoms with Crippen LogP contribution in [0.15, 0.2) is 24.3 Å². The van der Waals surface area contributed by atoms with Crippen molar-refractivity contribution in [3.05, 3.63) is 24.3 Å². The zero-order valence-electron chi connectivity index (χ0n) is 8.55. The first-order valence-corrected chi connectivity index (χ1v) is 4.45. The summed E-state index contributed by atoms with van der Waals surface area (Å²) >= 11 is 0. The summed E-state index contributed by atoms with van der Waals surface area (Å²) in [5.74, 6) is 0.164. The van der Waals surface area contributed by atoms with Crippen LogP contribution in [0, 0.1) is 0 Å². The SMILES string of the molecule is CC.CNc1cccc(OC(F)F)c1. The molecule has 0 saturated carbocycles. The molecule has 1 N–H and O–H groups in total. The third-order valence-electron chi connectivity index (χ3n) is 1.35. The molecule has 1 rings (SSSR count). The predicted molar refractivity (Wildman–Crippen MR) is 54.0 cm³/mol. The van der Waals surface area contributed by atoms with Gasteiger partial charge in [0.05, 0.1) is 0 Å². The van der Waals surface area contributed by atoms with Gasteiger partial charge in [-0.25, -0.2) is 0 Å². The molecular formula is C10H15F2NO. The molecule has 0 heterocycles. The zero-order valence-corrected chi connectivity index (χ0v) is 8.55. The van der Waals surface area contributed by atoms with Crippen molar-refractivity contribution in [3.8, 4) is 5.75 Å². The fraction of sp³-hybridized carbons (Fsp3) is 0.400. The normalized spacial score (nSPS) is 9.00. The zero-order chi connectivity index (χ0) is 11.0. The molecule has 4 heteroatoms. The molecule has 0 unspecified atom stereocenters. The highest BCUT2D eigenvalue weighted by atomic mass is 19.3. The maximum Gasteiger partial charge on any atom is 0.387 e. The number of hydrogen-bond acceptors (Lipinski definition) is 2. The molecule has 0 aliphatic heterocycles. The lowest BCUT2D eigenvalue weighted by Gasteiger charge is -2.05. The summed E-state index contributed by atoms with van der Waals surface area (Å²) in [7, 11) is 1.71. The molecule has 0 radical (unpaired) electrons. The van der Waals surface area contributed by atoms with Gasteiger partial charge in [0.1, 0.15) is 5.75 Å². The number of ether oxygens (including phenoxy) is 1. The standard InChI is InChI=1S/C8H9F2NO.C2H6/c1-11-6-3-2-4-7(5-6)12-8(9)10;1-2/h2-5,8,11H,1H3;1-2H3. The van der Waals surface area contributed by atoms with Crippen molar-refractivity contribution < 1.29 is 13.5 Å². The van der Waals surface area contributed by atoms with Gasteiger partial charge in [-0.1, -0.05) is 19.9 Å². The number of rotatable bonds is 3. The molecule has 80 valence electrons. The van der Waals surface area contributed by atoms with E-state index in [-0.39, 0.29) is 5.75 Å². The van der Waals surface area contributed by atoms with E-state index in [2.05, 4.69) is 10.1 Å². The van der Waals surface area contributed by atoms with Crippen molar-refractivity contribution in [2.24, 2.45) is 0 Å². The molecule has 0 aliphatic carbocycles. The van der Waals surface area contributed by atoms with Crippen LogP contribution in [0.4, 0.5) is 14.5 Å². The topological polar surface area (TPSA) is 21.3 Å². The van der Waals surface area contributed by atoms with Gasteiger partial charge >= 0.3 is 6.61 Å². The largest absolute Gasteiger partial charge is 0.435 e. The number of alkyl halides is 2. The monoisotopic (exact) mass is 203 g/mol. The predicted octanol–water partition coefficient (Wildman–Crippen LogP) is 3.36. The summed E-state index contributed by atoms with van der Waals surface area (Å²) in [5.41, 5.74) is 0.744. The lowest BCUT2D eigenvalue weighted by atomic mass is 10.3. The Morgan fingerprint density at radius 2 is 1.93 bits per heavy atom. The maximum absolute atomic E-state index is 11.7. The van der Waals surface area contributed by atoms with Crippen molar-refractivity contribution in [3.63, 3.8) is 0 Å². The average molecular weight is 203 g/mol. The number of benzene rings is 1. The summed E-state index contributed by atoms with van der Waals surface area (Å²) in [5, 5.41) is 2.82. The Balaban J connectivity index is 0.000000791. The van der Waals surface area contributed by atoms with Gasteiger partial charge < -0.3 is 10.1 Å². The van der Waals surface area contributed by atoms with E-state index in [0.717, 1.165) is 5.69 Å². The Kier molecular flexibility index (Phi) is 6.45. The highest BCUT2D eigenvalue weighted by Gasteiger charge is 2.03. The fourth-order valence-electron chi connectivity index (χ4n) is 0.828.